The molecule has 1 aliphatic rings. The summed E-state index contributed by atoms with van der Waals surface area (Å²) in [5, 5.41) is 9.13. The zero-order valence-corrected chi connectivity index (χ0v) is 12.7. The second-order valence-corrected chi connectivity index (χ2v) is 6.34. The van der Waals surface area contributed by atoms with Crippen LogP contribution in [0.3, 0.4) is 0 Å². The minimum Gasteiger partial charge on any atom is -0.480 e. The number of likely N-dealkylation sites (tertiary alicyclic amines) is 1. The third kappa shape index (κ3) is 4.77. The fraction of sp³-hybridized carbons (Fsp3) is 0.933. The van der Waals surface area contributed by atoms with Gasteiger partial charge in [-0.25, -0.2) is 0 Å². The van der Waals surface area contributed by atoms with Crippen LogP contribution in [0.15, 0.2) is 0 Å². The first-order chi connectivity index (χ1) is 8.89. The van der Waals surface area contributed by atoms with Crippen LogP contribution in [0.4, 0.5) is 0 Å². The Balaban J connectivity index is 2.26. The molecule has 1 fully saturated rings. The smallest absolute Gasteiger partial charge is 0.323 e. The Morgan fingerprint density at radius 1 is 1.42 bits per heavy atom. The van der Waals surface area contributed by atoms with Crippen molar-refractivity contribution >= 4 is 5.97 Å². The molecule has 4 heteroatoms. The van der Waals surface area contributed by atoms with Crippen molar-refractivity contribution in [1.82, 2.24) is 4.90 Å². The number of carboxylic acids is 1. The van der Waals surface area contributed by atoms with Crippen LogP contribution in [0.1, 0.15) is 52.9 Å². The first kappa shape index (κ1) is 16.4. The number of piperidine rings is 1. The quantitative estimate of drug-likeness (QED) is 0.745. The van der Waals surface area contributed by atoms with Gasteiger partial charge in [-0.2, -0.15) is 0 Å². The third-order valence-electron chi connectivity index (χ3n) is 4.73. The van der Waals surface area contributed by atoms with E-state index in [0.29, 0.717) is 12.8 Å². The Morgan fingerprint density at radius 3 is 2.42 bits per heavy atom. The van der Waals surface area contributed by atoms with Gasteiger partial charge in [-0.3, -0.25) is 4.79 Å². The molecule has 4 nitrogen and oxygen atoms in total. The molecule has 0 saturated carbocycles. The Bertz CT molecular complexity index is 286. The second kappa shape index (κ2) is 7.25. The van der Waals surface area contributed by atoms with Crippen LogP contribution in [0.5, 0.6) is 0 Å². The largest absolute Gasteiger partial charge is 0.480 e. The van der Waals surface area contributed by atoms with E-state index in [1.165, 1.54) is 12.8 Å². The Kier molecular flexibility index (Phi) is 6.27. The monoisotopic (exact) mass is 270 g/mol. The highest BCUT2D eigenvalue weighted by atomic mass is 16.4. The van der Waals surface area contributed by atoms with Crippen molar-refractivity contribution in [3.8, 4) is 0 Å². The molecule has 0 aromatic heterocycles. The van der Waals surface area contributed by atoms with Gasteiger partial charge in [0, 0.05) is 0 Å². The van der Waals surface area contributed by atoms with Crippen molar-refractivity contribution in [2.45, 2.75) is 58.4 Å². The van der Waals surface area contributed by atoms with Crippen LogP contribution in [0.25, 0.3) is 0 Å². The zero-order chi connectivity index (χ0) is 14.5. The summed E-state index contributed by atoms with van der Waals surface area (Å²) in [6, 6.07) is 0. The van der Waals surface area contributed by atoms with Gasteiger partial charge in [0.2, 0.25) is 0 Å². The van der Waals surface area contributed by atoms with E-state index in [1.807, 2.05) is 6.92 Å². The van der Waals surface area contributed by atoms with E-state index in [9.17, 15) is 4.79 Å². The maximum Gasteiger partial charge on any atom is 0.323 e. The Hall–Kier alpha value is -0.610. The first-order valence-electron chi connectivity index (χ1n) is 7.63. The maximum atomic E-state index is 11.1. The van der Waals surface area contributed by atoms with E-state index in [0.717, 1.165) is 37.9 Å². The van der Waals surface area contributed by atoms with Crippen molar-refractivity contribution < 1.29 is 9.90 Å². The molecule has 1 aliphatic heterocycles. The lowest BCUT2D eigenvalue weighted by atomic mass is 9.86. The summed E-state index contributed by atoms with van der Waals surface area (Å²) in [6.07, 6.45) is 4.50. The molecule has 1 rings (SSSR count). The van der Waals surface area contributed by atoms with Crippen LogP contribution in [-0.4, -0.2) is 41.1 Å². The van der Waals surface area contributed by atoms with Crippen molar-refractivity contribution in [2.75, 3.05) is 19.6 Å². The van der Waals surface area contributed by atoms with E-state index in [2.05, 4.69) is 18.7 Å². The molecule has 19 heavy (non-hydrogen) atoms. The molecule has 112 valence electrons. The van der Waals surface area contributed by atoms with Gasteiger partial charge in [-0.1, -0.05) is 20.8 Å². The SMILES string of the molecule is CCC(N)(CCCN1CCC(C(C)C)CC1)C(=O)O. The molecule has 1 unspecified atom stereocenters. The molecular weight excluding hydrogens is 240 g/mol. The van der Waals surface area contributed by atoms with Gasteiger partial charge in [0.15, 0.2) is 0 Å². The molecule has 1 heterocycles. The molecule has 0 spiro atoms. The van der Waals surface area contributed by atoms with Gasteiger partial charge in [0.1, 0.15) is 5.54 Å². The van der Waals surface area contributed by atoms with Crippen LogP contribution in [-0.2, 0) is 4.79 Å². The molecule has 3 N–H and O–H groups in total. The number of nitrogens with two attached hydrogens (primary N) is 1. The fourth-order valence-corrected chi connectivity index (χ4v) is 2.90. The van der Waals surface area contributed by atoms with E-state index < -0.39 is 11.5 Å². The average molecular weight is 270 g/mol. The van der Waals surface area contributed by atoms with Crippen LogP contribution in [0, 0.1) is 11.8 Å². The van der Waals surface area contributed by atoms with E-state index in [-0.39, 0.29) is 0 Å². The topological polar surface area (TPSA) is 66.6 Å². The standard InChI is InChI=1S/C15H30N2O2/c1-4-15(16,14(18)19)8-5-9-17-10-6-13(7-11-17)12(2)3/h12-13H,4-11,16H2,1-3H3,(H,18,19). The summed E-state index contributed by atoms with van der Waals surface area (Å²) >= 11 is 0. The molecule has 1 saturated heterocycles. The van der Waals surface area contributed by atoms with Crippen molar-refractivity contribution in [2.24, 2.45) is 17.6 Å². The van der Waals surface area contributed by atoms with Crippen LogP contribution < -0.4 is 5.73 Å². The lowest BCUT2D eigenvalue weighted by Gasteiger charge is -2.34. The lowest BCUT2D eigenvalue weighted by Crippen LogP contribution is -2.48. The number of rotatable bonds is 7. The summed E-state index contributed by atoms with van der Waals surface area (Å²) in [5.74, 6) is 0.777. The second-order valence-electron chi connectivity index (χ2n) is 6.34. The molecule has 0 bridgehead atoms. The summed E-state index contributed by atoms with van der Waals surface area (Å²) in [5.41, 5.74) is 4.87. The maximum absolute atomic E-state index is 11.1. The predicted molar refractivity (Wildman–Crippen MR) is 78.1 cm³/mol. The lowest BCUT2D eigenvalue weighted by molar-refractivity contribution is -0.143. The highest BCUT2D eigenvalue weighted by Crippen LogP contribution is 2.25. The van der Waals surface area contributed by atoms with Gasteiger partial charge in [-0.15, -0.1) is 0 Å². The number of hydrogen-bond donors (Lipinski definition) is 2. The van der Waals surface area contributed by atoms with E-state index in [1.54, 1.807) is 0 Å². The first-order valence-corrected chi connectivity index (χ1v) is 7.63. The van der Waals surface area contributed by atoms with Gasteiger partial charge in [0.05, 0.1) is 0 Å². The van der Waals surface area contributed by atoms with Crippen molar-refractivity contribution in [3.05, 3.63) is 0 Å². The normalized spacial score (nSPS) is 21.5. The molecule has 1 atom stereocenters. The van der Waals surface area contributed by atoms with Gasteiger partial charge < -0.3 is 15.7 Å². The summed E-state index contributed by atoms with van der Waals surface area (Å²) < 4.78 is 0. The average Bonchev–Trinajstić information content (AvgIpc) is 2.38. The summed E-state index contributed by atoms with van der Waals surface area (Å²) in [7, 11) is 0. The minimum absolute atomic E-state index is 0.498. The predicted octanol–water partition coefficient (Wildman–Crippen LogP) is 2.33. The number of nitrogens with zero attached hydrogens (tertiary/aromatic N) is 1. The molecular formula is C15H30N2O2. The van der Waals surface area contributed by atoms with E-state index in [4.69, 9.17) is 10.8 Å². The molecule has 0 radical (unpaired) electrons. The van der Waals surface area contributed by atoms with Crippen LogP contribution >= 0.6 is 0 Å². The van der Waals surface area contributed by atoms with Crippen molar-refractivity contribution in [3.63, 3.8) is 0 Å². The Morgan fingerprint density at radius 2 is 2.00 bits per heavy atom. The molecule has 0 amide bonds. The van der Waals surface area contributed by atoms with Gasteiger partial charge >= 0.3 is 5.97 Å². The van der Waals surface area contributed by atoms with Gasteiger partial charge in [-0.05, 0) is 63.6 Å². The summed E-state index contributed by atoms with van der Waals surface area (Å²) in [4.78, 5) is 13.6. The number of aliphatic carboxylic acids is 1. The van der Waals surface area contributed by atoms with E-state index >= 15 is 0 Å². The number of carboxylic acid groups (broad SMARTS) is 1. The number of carbonyl (C=O) groups is 1. The molecule has 0 aromatic rings. The minimum atomic E-state index is -1.03. The number of hydrogen-bond acceptors (Lipinski definition) is 3. The van der Waals surface area contributed by atoms with Crippen LogP contribution in [0.2, 0.25) is 0 Å². The Labute approximate surface area is 117 Å². The highest BCUT2D eigenvalue weighted by Gasteiger charge is 2.31. The molecule has 0 aromatic carbocycles. The molecule has 0 aliphatic carbocycles. The third-order valence-corrected chi connectivity index (χ3v) is 4.73. The summed E-state index contributed by atoms with van der Waals surface area (Å²) in [6.45, 7) is 9.74. The zero-order valence-electron chi connectivity index (χ0n) is 12.7. The van der Waals surface area contributed by atoms with Crippen molar-refractivity contribution in [1.29, 1.82) is 0 Å². The van der Waals surface area contributed by atoms with Gasteiger partial charge in [0.25, 0.3) is 0 Å². The fourth-order valence-electron chi connectivity index (χ4n) is 2.90. The highest BCUT2D eigenvalue weighted by molar-refractivity contribution is 5.78.